The zero-order chi connectivity index (χ0) is 17.8. The number of carbonyl (C=O) groups excluding carboxylic acids is 1. The van der Waals surface area contributed by atoms with Crippen molar-refractivity contribution in [2.24, 2.45) is 4.99 Å². The number of aryl methyl sites for hydroxylation is 1. The first-order valence-electron chi connectivity index (χ1n) is 7.49. The maximum absolute atomic E-state index is 12.5. The molecule has 2 aromatic carbocycles. The van der Waals surface area contributed by atoms with Gasteiger partial charge in [0.2, 0.25) is 0 Å². The number of nitrogens with zero attached hydrogens (tertiary/aromatic N) is 3. The number of halogens is 1. The van der Waals surface area contributed by atoms with Gasteiger partial charge in [0, 0.05) is 22.3 Å². The molecular formula is C18H14BrN3OS2. The molecule has 0 N–H and O–H groups in total. The average molecular weight is 432 g/mol. The highest BCUT2D eigenvalue weighted by Gasteiger charge is 2.10. The highest BCUT2D eigenvalue weighted by molar-refractivity contribution is 9.10. The van der Waals surface area contributed by atoms with Gasteiger partial charge < -0.3 is 4.57 Å². The van der Waals surface area contributed by atoms with E-state index in [-0.39, 0.29) is 5.91 Å². The maximum atomic E-state index is 12.5. The summed E-state index contributed by atoms with van der Waals surface area (Å²) in [6.45, 7) is 0.794. The first-order valence-corrected chi connectivity index (χ1v) is 10.5. The van der Waals surface area contributed by atoms with Crippen molar-refractivity contribution in [1.29, 1.82) is 5.26 Å². The summed E-state index contributed by atoms with van der Waals surface area (Å²) in [5.74, 6) is 0.646. The zero-order valence-corrected chi connectivity index (χ0v) is 16.6. The van der Waals surface area contributed by atoms with Crippen LogP contribution in [0.1, 0.15) is 15.9 Å². The second-order valence-corrected chi connectivity index (χ2v) is 8.16. The van der Waals surface area contributed by atoms with E-state index in [4.69, 9.17) is 5.26 Å². The highest BCUT2D eigenvalue weighted by atomic mass is 79.9. The number of rotatable bonds is 4. The van der Waals surface area contributed by atoms with E-state index in [1.165, 1.54) is 11.3 Å². The molecule has 0 atom stereocenters. The van der Waals surface area contributed by atoms with Crippen LogP contribution < -0.4 is 4.80 Å². The van der Waals surface area contributed by atoms with Gasteiger partial charge in [-0.2, -0.15) is 22.0 Å². The first-order chi connectivity index (χ1) is 12.1. The molecule has 126 valence electrons. The molecule has 0 bridgehead atoms. The first kappa shape index (κ1) is 17.9. The van der Waals surface area contributed by atoms with Crippen LogP contribution >= 0.6 is 39.0 Å². The third-order valence-electron chi connectivity index (χ3n) is 3.62. The Morgan fingerprint density at radius 1 is 1.32 bits per heavy atom. The third kappa shape index (κ3) is 4.03. The molecule has 0 saturated heterocycles. The minimum Gasteiger partial charge on any atom is -0.316 e. The van der Waals surface area contributed by atoms with Crippen LogP contribution in [0.25, 0.3) is 10.2 Å². The Balaban J connectivity index is 2.07. The average Bonchev–Trinajstić information content (AvgIpc) is 2.95. The monoisotopic (exact) mass is 431 g/mol. The van der Waals surface area contributed by atoms with Crippen molar-refractivity contribution in [1.82, 2.24) is 4.57 Å². The van der Waals surface area contributed by atoms with Crippen molar-refractivity contribution in [3.8, 4) is 6.07 Å². The smallest absolute Gasteiger partial charge is 0.279 e. The summed E-state index contributed by atoms with van der Waals surface area (Å²) >= 11 is 6.75. The minimum absolute atomic E-state index is 0.298. The van der Waals surface area contributed by atoms with Crippen LogP contribution in [0.4, 0.5) is 0 Å². The van der Waals surface area contributed by atoms with Gasteiger partial charge in [0.05, 0.1) is 21.8 Å². The van der Waals surface area contributed by atoms with Gasteiger partial charge >= 0.3 is 0 Å². The van der Waals surface area contributed by atoms with Gasteiger partial charge in [-0.1, -0.05) is 27.3 Å². The Morgan fingerprint density at radius 2 is 2.08 bits per heavy atom. The molecule has 1 aromatic heterocycles. The second-order valence-electron chi connectivity index (χ2n) is 5.25. The molecule has 3 aromatic rings. The number of thioether (sulfide) groups is 1. The second kappa shape index (κ2) is 8.00. The number of benzene rings is 2. The van der Waals surface area contributed by atoms with Crippen molar-refractivity contribution < 1.29 is 4.79 Å². The van der Waals surface area contributed by atoms with Gasteiger partial charge in [-0.3, -0.25) is 4.79 Å². The summed E-state index contributed by atoms with van der Waals surface area (Å²) in [5.41, 5.74) is 2.08. The summed E-state index contributed by atoms with van der Waals surface area (Å²) in [4.78, 5) is 17.5. The molecule has 0 aliphatic heterocycles. The molecule has 4 nitrogen and oxygen atoms in total. The molecule has 1 amide bonds. The zero-order valence-electron chi connectivity index (χ0n) is 13.4. The summed E-state index contributed by atoms with van der Waals surface area (Å²) in [5, 5.41) is 8.86. The highest BCUT2D eigenvalue weighted by Crippen LogP contribution is 2.22. The van der Waals surface area contributed by atoms with E-state index in [1.807, 2.05) is 24.3 Å². The number of fused-ring (bicyclic) bond motifs is 1. The van der Waals surface area contributed by atoms with Crippen LogP contribution in [-0.2, 0) is 6.54 Å². The molecule has 0 fully saturated rings. The molecule has 0 saturated carbocycles. The summed E-state index contributed by atoms with van der Waals surface area (Å²) < 4.78 is 4.18. The number of thiazole rings is 1. The summed E-state index contributed by atoms with van der Waals surface area (Å²) in [7, 11) is 0. The van der Waals surface area contributed by atoms with Gasteiger partial charge in [0.15, 0.2) is 4.80 Å². The van der Waals surface area contributed by atoms with Gasteiger partial charge in [0.25, 0.3) is 5.91 Å². The molecule has 7 heteroatoms. The Labute approximate surface area is 162 Å². The lowest BCUT2D eigenvalue weighted by Gasteiger charge is -2.03. The Bertz CT molecular complexity index is 1030. The van der Waals surface area contributed by atoms with E-state index >= 15 is 0 Å². The van der Waals surface area contributed by atoms with Gasteiger partial charge in [-0.15, -0.1) is 0 Å². The number of aromatic nitrogens is 1. The number of nitriles is 1. The van der Waals surface area contributed by atoms with E-state index in [2.05, 4.69) is 31.7 Å². The number of hydrogen-bond donors (Lipinski definition) is 0. The van der Waals surface area contributed by atoms with E-state index in [9.17, 15) is 4.79 Å². The molecule has 3 rings (SSSR count). The predicted octanol–water partition coefficient (Wildman–Crippen LogP) is 4.44. The predicted molar refractivity (Wildman–Crippen MR) is 107 cm³/mol. The third-order valence-corrected chi connectivity index (χ3v) is 5.75. The quantitative estimate of drug-likeness (QED) is 0.613. The van der Waals surface area contributed by atoms with Gasteiger partial charge in [-0.05, 0) is 48.7 Å². The fourth-order valence-corrected chi connectivity index (χ4v) is 4.34. The van der Waals surface area contributed by atoms with Crippen LogP contribution in [0.15, 0.2) is 51.9 Å². The van der Waals surface area contributed by atoms with Crippen molar-refractivity contribution in [2.75, 3.05) is 12.0 Å². The van der Waals surface area contributed by atoms with Crippen LogP contribution in [0, 0.1) is 11.3 Å². The lowest BCUT2D eigenvalue weighted by molar-refractivity contribution is 0.0998. The summed E-state index contributed by atoms with van der Waals surface area (Å²) in [6, 6.07) is 14.7. The van der Waals surface area contributed by atoms with Gasteiger partial charge in [0.1, 0.15) is 0 Å². The lowest BCUT2D eigenvalue weighted by Crippen LogP contribution is -2.18. The molecule has 0 spiro atoms. The molecule has 0 radical (unpaired) electrons. The SMILES string of the molecule is CSCCn1c(=NC(=O)c2ccc(C#N)cc2)sc2cc(Br)ccc21. The van der Waals surface area contributed by atoms with Crippen molar-refractivity contribution in [2.45, 2.75) is 6.54 Å². The number of carbonyl (C=O) groups is 1. The number of amides is 1. The fraction of sp³-hybridized carbons (Fsp3) is 0.167. The van der Waals surface area contributed by atoms with Crippen molar-refractivity contribution in [3.63, 3.8) is 0 Å². The maximum Gasteiger partial charge on any atom is 0.279 e. The fourth-order valence-electron chi connectivity index (χ4n) is 2.37. The Hall–Kier alpha value is -1.88. The van der Waals surface area contributed by atoms with Gasteiger partial charge in [-0.25, -0.2) is 0 Å². The topological polar surface area (TPSA) is 58.1 Å². The molecule has 1 heterocycles. The normalized spacial score (nSPS) is 11.6. The molecule has 0 aliphatic carbocycles. The largest absolute Gasteiger partial charge is 0.316 e. The van der Waals surface area contributed by atoms with E-state index in [0.29, 0.717) is 15.9 Å². The standard InChI is InChI=1S/C18H14BrN3OS2/c1-24-9-8-22-15-7-6-14(19)10-16(15)25-18(22)21-17(23)13-4-2-12(11-20)3-5-13/h2-7,10H,8-9H2,1H3. The minimum atomic E-state index is -0.298. The van der Waals surface area contributed by atoms with E-state index < -0.39 is 0 Å². The molecule has 0 unspecified atom stereocenters. The Morgan fingerprint density at radius 3 is 2.76 bits per heavy atom. The van der Waals surface area contributed by atoms with Crippen LogP contribution in [0.3, 0.4) is 0 Å². The van der Waals surface area contributed by atoms with Crippen LogP contribution in [0.2, 0.25) is 0 Å². The van der Waals surface area contributed by atoms with Crippen LogP contribution in [-0.4, -0.2) is 22.5 Å². The molecular weight excluding hydrogens is 418 g/mol. The van der Waals surface area contributed by atoms with Crippen molar-refractivity contribution >= 4 is 55.2 Å². The molecule has 0 aliphatic rings. The summed E-state index contributed by atoms with van der Waals surface area (Å²) in [6.07, 6.45) is 2.06. The number of hydrogen-bond acceptors (Lipinski definition) is 4. The van der Waals surface area contributed by atoms with E-state index in [1.54, 1.807) is 36.0 Å². The lowest BCUT2D eigenvalue weighted by atomic mass is 10.1. The Kier molecular flexibility index (Phi) is 5.74. The van der Waals surface area contributed by atoms with E-state index in [0.717, 1.165) is 27.0 Å². The van der Waals surface area contributed by atoms with Crippen LogP contribution in [0.5, 0.6) is 0 Å². The van der Waals surface area contributed by atoms with Crippen molar-refractivity contribution in [3.05, 3.63) is 62.9 Å². The molecule has 25 heavy (non-hydrogen) atoms.